The molecule has 2 unspecified atom stereocenters. The van der Waals surface area contributed by atoms with Crippen LogP contribution in [0.1, 0.15) is 18.7 Å². The van der Waals surface area contributed by atoms with Gasteiger partial charge in [0.25, 0.3) is 0 Å². The van der Waals surface area contributed by atoms with Gasteiger partial charge in [0, 0.05) is 0 Å². The van der Waals surface area contributed by atoms with Crippen LogP contribution in [0.3, 0.4) is 0 Å². The van der Waals surface area contributed by atoms with Crippen LogP contribution in [-0.4, -0.2) is 38.8 Å². The van der Waals surface area contributed by atoms with Crippen LogP contribution < -0.4 is 15.8 Å². The minimum atomic E-state index is -0.289. The number of hydrogen-bond donors (Lipinski definition) is 2. The second kappa shape index (κ2) is 7.26. The number of methoxy groups -OCH3 is 1. The van der Waals surface area contributed by atoms with Gasteiger partial charge in [-0.1, -0.05) is 24.3 Å². The van der Waals surface area contributed by atoms with E-state index in [0.717, 1.165) is 0 Å². The molecule has 0 radical (unpaired) electrons. The number of fused-ring (bicyclic) bond motifs is 1. The Morgan fingerprint density at radius 3 is 2.46 bits per heavy atom. The fraction of sp³-hybridized carbons (Fsp3) is 0.316. The minimum Gasteiger partial charge on any atom is -0.495 e. The number of amides is 2. The first-order valence-electron chi connectivity index (χ1n) is 8.97. The van der Waals surface area contributed by atoms with Crippen LogP contribution in [0.25, 0.3) is 0 Å². The summed E-state index contributed by atoms with van der Waals surface area (Å²) in [5.41, 5.74) is 6.47. The van der Waals surface area contributed by atoms with Crippen molar-refractivity contribution in [3.8, 4) is 5.75 Å². The summed E-state index contributed by atoms with van der Waals surface area (Å²) in [6.45, 7) is -0.0298. The number of likely N-dealkylation sites (tertiary alicyclic amines) is 1. The predicted molar refractivity (Wildman–Crippen MR) is 101 cm³/mol. The average molecular weight is 380 g/mol. The number of allylic oxidation sites excluding steroid dienone is 2. The van der Waals surface area contributed by atoms with Crippen LogP contribution >= 0.6 is 0 Å². The molecule has 1 fully saturated rings. The molecule has 9 nitrogen and oxygen atoms in total. The highest BCUT2D eigenvalue weighted by Crippen LogP contribution is 2.35. The van der Waals surface area contributed by atoms with Gasteiger partial charge in [-0.3, -0.25) is 14.5 Å². The van der Waals surface area contributed by atoms with Gasteiger partial charge in [0.15, 0.2) is 5.82 Å². The first kappa shape index (κ1) is 17.9. The van der Waals surface area contributed by atoms with Gasteiger partial charge >= 0.3 is 0 Å². The topological polar surface area (TPSA) is 123 Å². The lowest BCUT2D eigenvalue weighted by molar-refractivity contribution is -0.140. The number of ether oxygens (including phenoxy) is 1. The Balaban J connectivity index is 1.56. The number of nitrogens with one attached hydrogen (secondary N) is 1. The number of hydrogen-bond acceptors (Lipinski definition) is 8. The van der Waals surface area contributed by atoms with E-state index in [1.807, 2.05) is 30.4 Å². The van der Waals surface area contributed by atoms with Crippen molar-refractivity contribution in [2.75, 3.05) is 18.2 Å². The van der Waals surface area contributed by atoms with Crippen LogP contribution in [0, 0.1) is 11.8 Å². The lowest BCUT2D eigenvalue weighted by Gasteiger charge is -2.15. The zero-order valence-corrected chi connectivity index (χ0v) is 15.3. The second-order valence-corrected chi connectivity index (χ2v) is 6.68. The predicted octanol–water partition coefficient (Wildman–Crippen LogP) is 1.66. The molecule has 1 saturated heterocycles. The molecule has 0 saturated carbocycles. The maximum absolute atomic E-state index is 12.6. The Kier molecular flexibility index (Phi) is 4.64. The maximum Gasteiger partial charge on any atom is 0.233 e. The highest BCUT2D eigenvalue weighted by atomic mass is 16.5. The van der Waals surface area contributed by atoms with Gasteiger partial charge in [0.2, 0.25) is 23.7 Å². The summed E-state index contributed by atoms with van der Waals surface area (Å²) in [4.78, 5) is 39.0. The summed E-state index contributed by atoms with van der Waals surface area (Å²) in [7, 11) is 1.56. The molecule has 2 heterocycles. The molecule has 0 bridgehead atoms. The summed E-state index contributed by atoms with van der Waals surface area (Å²) < 4.78 is 5.30. The Hall–Kier alpha value is -3.49. The van der Waals surface area contributed by atoms with Gasteiger partial charge < -0.3 is 15.8 Å². The van der Waals surface area contributed by atoms with Crippen LogP contribution in [0.2, 0.25) is 0 Å². The van der Waals surface area contributed by atoms with E-state index in [-0.39, 0.29) is 47.9 Å². The van der Waals surface area contributed by atoms with Crippen molar-refractivity contribution in [3.63, 3.8) is 0 Å². The van der Waals surface area contributed by atoms with Crippen molar-refractivity contribution in [3.05, 3.63) is 42.2 Å². The monoisotopic (exact) mass is 380 g/mol. The van der Waals surface area contributed by atoms with Crippen molar-refractivity contribution in [1.29, 1.82) is 0 Å². The Morgan fingerprint density at radius 2 is 1.79 bits per heavy atom. The van der Waals surface area contributed by atoms with E-state index in [1.54, 1.807) is 13.2 Å². The first-order valence-corrected chi connectivity index (χ1v) is 8.97. The molecule has 2 aliphatic rings. The van der Waals surface area contributed by atoms with Gasteiger partial charge in [-0.05, 0) is 25.0 Å². The fourth-order valence-corrected chi connectivity index (χ4v) is 3.60. The Morgan fingerprint density at radius 1 is 1.11 bits per heavy atom. The molecule has 0 spiro atoms. The lowest BCUT2D eigenvalue weighted by atomic mass is 9.85. The Bertz CT molecular complexity index is 934. The number of nitrogen functional groups attached to an aromatic ring is 1. The van der Waals surface area contributed by atoms with E-state index in [2.05, 4.69) is 20.3 Å². The number of nitrogens with two attached hydrogens (primary N) is 1. The molecule has 9 heteroatoms. The number of rotatable bonds is 5. The van der Waals surface area contributed by atoms with E-state index in [9.17, 15) is 9.59 Å². The van der Waals surface area contributed by atoms with Crippen molar-refractivity contribution in [2.24, 2.45) is 11.8 Å². The molecule has 28 heavy (non-hydrogen) atoms. The van der Waals surface area contributed by atoms with Crippen molar-refractivity contribution < 1.29 is 14.3 Å². The highest BCUT2D eigenvalue weighted by Gasteiger charge is 2.47. The van der Waals surface area contributed by atoms with E-state index >= 15 is 0 Å². The fourth-order valence-electron chi connectivity index (χ4n) is 3.60. The molecular weight excluding hydrogens is 360 g/mol. The largest absolute Gasteiger partial charge is 0.495 e. The third-order valence-electron chi connectivity index (χ3n) is 4.95. The van der Waals surface area contributed by atoms with Gasteiger partial charge in [-0.15, -0.1) is 0 Å². The number of carbonyl (C=O) groups is 2. The van der Waals surface area contributed by atoms with Crippen LogP contribution in [-0.2, 0) is 16.1 Å². The van der Waals surface area contributed by atoms with Crippen LogP contribution in [0.15, 0.2) is 36.4 Å². The van der Waals surface area contributed by atoms with Crippen LogP contribution in [0.5, 0.6) is 5.75 Å². The Labute approximate surface area is 161 Å². The number of para-hydroxylation sites is 2. The minimum absolute atomic E-state index is 0.000533. The molecule has 144 valence electrons. The molecule has 3 N–H and O–H groups in total. The van der Waals surface area contributed by atoms with Gasteiger partial charge in [-0.25, -0.2) is 0 Å². The van der Waals surface area contributed by atoms with E-state index < -0.39 is 0 Å². The number of carbonyl (C=O) groups excluding carboxylic acids is 2. The standard InChI is InChI=1S/C19H20N6O3/c1-28-14-9-5-4-8-13(14)21-19-23-15(22-18(20)24-19)10-25-16(26)11-6-2-3-7-12(11)17(25)27/h2-5,8-9,11-12H,6-7,10H2,1H3,(H3,20,21,22,23,24). The van der Waals surface area contributed by atoms with Gasteiger partial charge in [0.05, 0.1) is 31.2 Å². The summed E-state index contributed by atoms with van der Waals surface area (Å²) in [5.74, 6) is 0.134. The molecular formula is C19H20N6O3. The molecule has 2 atom stereocenters. The molecule has 1 aliphatic heterocycles. The van der Waals surface area contributed by atoms with E-state index in [4.69, 9.17) is 10.5 Å². The maximum atomic E-state index is 12.6. The van der Waals surface area contributed by atoms with Crippen molar-refractivity contribution in [1.82, 2.24) is 19.9 Å². The summed E-state index contributed by atoms with van der Waals surface area (Å²) in [6.07, 6.45) is 5.08. The zero-order valence-electron chi connectivity index (χ0n) is 15.3. The molecule has 1 aromatic heterocycles. The normalized spacial score (nSPS) is 21.0. The zero-order chi connectivity index (χ0) is 19.7. The third kappa shape index (κ3) is 3.26. The van der Waals surface area contributed by atoms with E-state index in [0.29, 0.717) is 24.3 Å². The summed E-state index contributed by atoms with van der Waals surface area (Å²) in [6, 6.07) is 7.29. The lowest BCUT2D eigenvalue weighted by Crippen LogP contribution is -2.31. The highest BCUT2D eigenvalue weighted by molar-refractivity contribution is 6.05. The third-order valence-corrected chi connectivity index (χ3v) is 4.95. The second-order valence-electron chi connectivity index (χ2n) is 6.68. The SMILES string of the molecule is COc1ccccc1Nc1nc(N)nc(CN2C(=O)C3CC=CCC3C2=O)n1. The molecule has 1 aliphatic carbocycles. The van der Waals surface area contributed by atoms with Gasteiger partial charge in [0.1, 0.15) is 5.75 Å². The van der Waals surface area contributed by atoms with Crippen LogP contribution in [0.4, 0.5) is 17.6 Å². The summed E-state index contributed by atoms with van der Waals surface area (Å²) in [5, 5.41) is 3.04. The number of benzene rings is 1. The summed E-state index contributed by atoms with van der Waals surface area (Å²) >= 11 is 0. The van der Waals surface area contributed by atoms with E-state index in [1.165, 1.54) is 4.90 Å². The molecule has 1 aromatic carbocycles. The number of imide groups is 1. The number of anilines is 3. The molecule has 2 aromatic rings. The number of nitrogens with zero attached hydrogens (tertiary/aromatic N) is 4. The average Bonchev–Trinajstić information content (AvgIpc) is 2.93. The van der Waals surface area contributed by atoms with Gasteiger partial charge in [-0.2, -0.15) is 15.0 Å². The van der Waals surface area contributed by atoms with Crippen molar-refractivity contribution >= 4 is 29.4 Å². The van der Waals surface area contributed by atoms with Crippen molar-refractivity contribution in [2.45, 2.75) is 19.4 Å². The smallest absolute Gasteiger partial charge is 0.233 e. The first-order chi connectivity index (χ1) is 13.6. The molecule has 2 amide bonds. The number of aromatic nitrogens is 3. The quantitative estimate of drug-likeness (QED) is 0.593. The molecule has 4 rings (SSSR count).